The third-order valence-corrected chi connectivity index (χ3v) is 4.68. The summed E-state index contributed by atoms with van der Waals surface area (Å²) in [6, 6.07) is 15.2. The second-order valence-electron chi connectivity index (χ2n) is 6.54. The van der Waals surface area contributed by atoms with Crippen LogP contribution in [-0.2, 0) is 0 Å². The van der Waals surface area contributed by atoms with Crippen LogP contribution in [-0.4, -0.2) is 34.5 Å². The molecule has 1 N–H and O–H groups in total. The molecule has 0 aliphatic carbocycles. The summed E-state index contributed by atoms with van der Waals surface area (Å²) in [6.07, 6.45) is 0.924. The van der Waals surface area contributed by atoms with E-state index in [-0.39, 0.29) is 17.5 Å². The molecule has 1 heterocycles. The van der Waals surface area contributed by atoms with E-state index in [2.05, 4.69) is 19.1 Å². The first kappa shape index (κ1) is 16.2. The zero-order chi connectivity index (χ0) is 17.3. The van der Waals surface area contributed by atoms with E-state index in [4.69, 9.17) is 0 Å². The number of likely N-dealkylation sites (tertiary alicyclic amines) is 1. The van der Waals surface area contributed by atoms with Gasteiger partial charge in [-0.05, 0) is 49.6 Å². The van der Waals surface area contributed by atoms with Crippen LogP contribution >= 0.6 is 0 Å². The molecule has 0 bridgehead atoms. The van der Waals surface area contributed by atoms with Crippen molar-refractivity contribution >= 4 is 11.9 Å². The minimum absolute atomic E-state index is 0.0906. The van der Waals surface area contributed by atoms with Crippen molar-refractivity contribution in [3.05, 3.63) is 70.8 Å². The highest BCUT2D eigenvalue weighted by atomic mass is 16.4. The number of carbonyl (C=O) groups excluding carboxylic acids is 1. The first-order chi connectivity index (χ1) is 11.5. The van der Waals surface area contributed by atoms with Gasteiger partial charge in [0.2, 0.25) is 0 Å². The number of carboxylic acid groups (broad SMARTS) is 1. The van der Waals surface area contributed by atoms with E-state index in [1.54, 1.807) is 12.1 Å². The molecule has 0 saturated carbocycles. The highest BCUT2D eigenvalue weighted by Gasteiger charge is 2.33. The van der Waals surface area contributed by atoms with E-state index in [1.807, 2.05) is 30.0 Å². The molecule has 2 aromatic rings. The second kappa shape index (κ2) is 6.48. The van der Waals surface area contributed by atoms with Crippen molar-refractivity contribution < 1.29 is 14.7 Å². The summed E-state index contributed by atoms with van der Waals surface area (Å²) in [6.45, 7) is 4.53. The molecule has 0 radical (unpaired) electrons. The SMILES string of the molecule is Cc1cc(C(=O)O)cc(C(=O)N2CC(c3ccccc3)CC2C)c1. The number of rotatable bonds is 3. The lowest BCUT2D eigenvalue weighted by Gasteiger charge is -2.22. The Hall–Kier alpha value is -2.62. The predicted molar refractivity (Wildman–Crippen MR) is 92.4 cm³/mol. The van der Waals surface area contributed by atoms with Gasteiger partial charge in [-0.15, -0.1) is 0 Å². The Morgan fingerprint density at radius 1 is 1.08 bits per heavy atom. The maximum atomic E-state index is 12.9. The lowest BCUT2D eigenvalue weighted by atomic mass is 9.97. The minimum atomic E-state index is -1.01. The molecule has 0 spiro atoms. The molecule has 2 aromatic carbocycles. The highest BCUT2D eigenvalue weighted by molar-refractivity contribution is 5.98. The number of carboxylic acids is 1. The van der Waals surface area contributed by atoms with Gasteiger partial charge in [0.25, 0.3) is 5.91 Å². The van der Waals surface area contributed by atoms with Crippen molar-refractivity contribution in [1.82, 2.24) is 4.90 Å². The summed E-state index contributed by atoms with van der Waals surface area (Å²) < 4.78 is 0. The van der Waals surface area contributed by atoms with Gasteiger partial charge in [-0.3, -0.25) is 4.79 Å². The van der Waals surface area contributed by atoms with Gasteiger partial charge in [-0.1, -0.05) is 30.3 Å². The van der Waals surface area contributed by atoms with Crippen LogP contribution in [0.5, 0.6) is 0 Å². The van der Waals surface area contributed by atoms with Crippen molar-refractivity contribution in [3.8, 4) is 0 Å². The number of nitrogens with zero attached hydrogens (tertiary/aromatic N) is 1. The van der Waals surface area contributed by atoms with Gasteiger partial charge in [0.15, 0.2) is 0 Å². The third-order valence-electron chi connectivity index (χ3n) is 4.68. The summed E-state index contributed by atoms with van der Waals surface area (Å²) in [4.78, 5) is 26.0. The van der Waals surface area contributed by atoms with E-state index in [1.165, 1.54) is 11.6 Å². The fraction of sp³-hybridized carbons (Fsp3) is 0.300. The monoisotopic (exact) mass is 323 g/mol. The van der Waals surface area contributed by atoms with E-state index < -0.39 is 5.97 Å². The molecular formula is C20H21NO3. The minimum Gasteiger partial charge on any atom is -0.478 e. The lowest BCUT2D eigenvalue weighted by molar-refractivity contribution is 0.0696. The predicted octanol–water partition coefficient (Wildman–Crippen LogP) is 3.71. The summed E-state index contributed by atoms with van der Waals surface area (Å²) in [5, 5.41) is 9.20. The first-order valence-corrected chi connectivity index (χ1v) is 8.16. The van der Waals surface area contributed by atoms with Crippen LogP contribution < -0.4 is 0 Å². The summed E-state index contributed by atoms with van der Waals surface area (Å²) in [5.74, 6) is -0.773. The van der Waals surface area contributed by atoms with Crippen LogP contribution in [0.25, 0.3) is 0 Å². The Morgan fingerprint density at radius 3 is 2.42 bits per heavy atom. The first-order valence-electron chi connectivity index (χ1n) is 8.16. The molecule has 0 aromatic heterocycles. The summed E-state index contributed by atoms with van der Waals surface area (Å²) >= 11 is 0. The Bertz CT molecular complexity index is 770. The van der Waals surface area contributed by atoms with E-state index in [9.17, 15) is 14.7 Å². The second-order valence-corrected chi connectivity index (χ2v) is 6.54. The number of amides is 1. The molecule has 1 aliphatic rings. The van der Waals surface area contributed by atoms with Crippen molar-refractivity contribution in [2.24, 2.45) is 0 Å². The Morgan fingerprint density at radius 2 is 1.75 bits per heavy atom. The van der Waals surface area contributed by atoms with E-state index in [0.717, 1.165) is 12.0 Å². The van der Waals surface area contributed by atoms with Gasteiger partial charge in [0.05, 0.1) is 5.56 Å². The molecule has 124 valence electrons. The fourth-order valence-corrected chi connectivity index (χ4v) is 3.48. The molecule has 2 atom stereocenters. The van der Waals surface area contributed by atoms with Crippen molar-refractivity contribution in [2.45, 2.75) is 32.2 Å². The average Bonchev–Trinajstić information content (AvgIpc) is 2.96. The van der Waals surface area contributed by atoms with Crippen LogP contribution in [0.4, 0.5) is 0 Å². The Labute approximate surface area is 141 Å². The Balaban J connectivity index is 1.84. The zero-order valence-electron chi connectivity index (χ0n) is 13.9. The van der Waals surface area contributed by atoms with Gasteiger partial charge < -0.3 is 10.0 Å². The van der Waals surface area contributed by atoms with Gasteiger partial charge in [0, 0.05) is 24.1 Å². The number of carbonyl (C=O) groups is 2. The largest absolute Gasteiger partial charge is 0.478 e. The van der Waals surface area contributed by atoms with Gasteiger partial charge >= 0.3 is 5.97 Å². The maximum Gasteiger partial charge on any atom is 0.335 e. The molecule has 24 heavy (non-hydrogen) atoms. The van der Waals surface area contributed by atoms with Gasteiger partial charge in [-0.2, -0.15) is 0 Å². The lowest BCUT2D eigenvalue weighted by Crippen LogP contribution is -2.34. The van der Waals surface area contributed by atoms with Crippen LogP contribution in [0.2, 0.25) is 0 Å². The molecule has 1 amide bonds. The fourth-order valence-electron chi connectivity index (χ4n) is 3.48. The van der Waals surface area contributed by atoms with Crippen molar-refractivity contribution in [3.63, 3.8) is 0 Å². The van der Waals surface area contributed by atoms with Gasteiger partial charge in [-0.25, -0.2) is 4.79 Å². The van der Waals surface area contributed by atoms with Crippen LogP contribution in [0.15, 0.2) is 48.5 Å². The van der Waals surface area contributed by atoms with E-state index >= 15 is 0 Å². The topological polar surface area (TPSA) is 57.6 Å². The smallest absolute Gasteiger partial charge is 0.335 e. The van der Waals surface area contributed by atoms with Crippen LogP contribution in [0, 0.1) is 6.92 Å². The van der Waals surface area contributed by atoms with Crippen molar-refractivity contribution in [1.29, 1.82) is 0 Å². The molecule has 1 saturated heterocycles. The normalized spacial score (nSPS) is 20.2. The number of aryl methyl sites for hydroxylation is 1. The molecule has 3 rings (SSSR count). The Kier molecular flexibility index (Phi) is 4.38. The zero-order valence-corrected chi connectivity index (χ0v) is 13.9. The number of benzene rings is 2. The number of hydrogen-bond acceptors (Lipinski definition) is 2. The molecule has 1 aliphatic heterocycles. The third kappa shape index (κ3) is 3.18. The van der Waals surface area contributed by atoms with E-state index in [0.29, 0.717) is 18.0 Å². The number of aromatic carboxylic acids is 1. The molecular weight excluding hydrogens is 302 g/mol. The number of hydrogen-bond donors (Lipinski definition) is 1. The molecule has 4 heteroatoms. The molecule has 2 unspecified atom stereocenters. The average molecular weight is 323 g/mol. The molecule has 4 nitrogen and oxygen atoms in total. The van der Waals surface area contributed by atoms with Gasteiger partial charge in [0.1, 0.15) is 0 Å². The van der Waals surface area contributed by atoms with Crippen LogP contribution in [0.3, 0.4) is 0 Å². The van der Waals surface area contributed by atoms with Crippen LogP contribution in [0.1, 0.15) is 51.1 Å². The summed E-state index contributed by atoms with van der Waals surface area (Å²) in [7, 11) is 0. The summed E-state index contributed by atoms with van der Waals surface area (Å²) in [5.41, 5.74) is 2.64. The van der Waals surface area contributed by atoms with Crippen molar-refractivity contribution in [2.75, 3.05) is 6.54 Å². The molecule has 1 fully saturated rings. The standard InChI is InChI=1S/C20H21NO3/c1-13-8-16(11-17(9-13)20(23)24)19(22)21-12-18(10-14(21)2)15-6-4-3-5-7-15/h3-9,11,14,18H,10,12H2,1-2H3,(H,23,24). The maximum absolute atomic E-state index is 12.9. The highest BCUT2D eigenvalue weighted by Crippen LogP contribution is 2.32. The quantitative estimate of drug-likeness (QED) is 0.937.